The molecule has 0 aliphatic carbocycles. The van der Waals surface area contributed by atoms with Crippen molar-refractivity contribution in [3.05, 3.63) is 52.6 Å². The zero-order valence-corrected chi connectivity index (χ0v) is 15.7. The standard InChI is InChI=1S/C18H19F2NO5S/c1-11-8-14(10-16(24-3)12(11)2)5-4-13-6-7-15(25-18(19)20)17(9-13)26-27(21,22)23/h4-10,18H,1-3H3,(H2,21,22,23)/b5-4-. The average Bonchev–Trinajstić information content (AvgIpc) is 2.56. The topological polar surface area (TPSA) is 87.8 Å². The van der Waals surface area contributed by atoms with Gasteiger partial charge in [0.25, 0.3) is 0 Å². The van der Waals surface area contributed by atoms with E-state index in [1.54, 1.807) is 19.3 Å². The number of nitrogens with two attached hydrogens (primary N) is 1. The van der Waals surface area contributed by atoms with Crippen LogP contribution in [-0.4, -0.2) is 22.1 Å². The number of alkyl halides is 2. The molecule has 27 heavy (non-hydrogen) atoms. The minimum Gasteiger partial charge on any atom is -0.496 e. The summed E-state index contributed by atoms with van der Waals surface area (Å²) in [7, 11) is -2.83. The van der Waals surface area contributed by atoms with Gasteiger partial charge in [0, 0.05) is 0 Å². The molecule has 0 aliphatic heterocycles. The smallest absolute Gasteiger partial charge is 0.387 e. The highest BCUT2D eigenvalue weighted by Gasteiger charge is 2.15. The summed E-state index contributed by atoms with van der Waals surface area (Å²) in [6.07, 6.45) is 3.42. The van der Waals surface area contributed by atoms with Crippen molar-refractivity contribution in [2.45, 2.75) is 20.5 Å². The maximum absolute atomic E-state index is 12.5. The van der Waals surface area contributed by atoms with Gasteiger partial charge in [-0.1, -0.05) is 24.3 Å². The van der Waals surface area contributed by atoms with Crippen molar-refractivity contribution in [1.29, 1.82) is 0 Å². The van der Waals surface area contributed by atoms with E-state index in [1.807, 2.05) is 26.0 Å². The second kappa shape index (κ2) is 8.36. The highest BCUT2D eigenvalue weighted by atomic mass is 32.2. The van der Waals surface area contributed by atoms with Gasteiger partial charge in [0.15, 0.2) is 11.5 Å². The van der Waals surface area contributed by atoms with Gasteiger partial charge in [-0.2, -0.15) is 22.3 Å². The van der Waals surface area contributed by atoms with E-state index in [2.05, 4.69) is 8.92 Å². The van der Waals surface area contributed by atoms with Crippen molar-refractivity contribution in [3.8, 4) is 17.2 Å². The van der Waals surface area contributed by atoms with Crippen LogP contribution < -0.4 is 18.8 Å². The molecule has 0 saturated heterocycles. The Morgan fingerprint density at radius 2 is 1.63 bits per heavy atom. The van der Waals surface area contributed by atoms with Gasteiger partial charge >= 0.3 is 16.9 Å². The van der Waals surface area contributed by atoms with E-state index in [0.717, 1.165) is 22.4 Å². The molecule has 6 nitrogen and oxygen atoms in total. The van der Waals surface area contributed by atoms with Crippen LogP contribution >= 0.6 is 0 Å². The lowest BCUT2D eigenvalue weighted by Crippen LogP contribution is -2.19. The van der Waals surface area contributed by atoms with Gasteiger partial charge in [0.1, 0.15) is 5.75 Å². The number of hydrogen-bond acceptors (Lipinski definition) is 5. The molecule has 2 aromatic rings. The molecule has 0 unspecified atom stereocenters. The van der Waals surface area contributed by atoms with Gasteiger partial charge in [-0.15, -0.1) is 0 Å². The summed E-state index contributed by atoms with van der Waals surface area (Å²) in [6.45, 7) is 0.751. The maximum atomic E-state index is 12.5. The van der Waals surface area contributed by atoms with Gasteiger partial charge < -0.3 is 13.7 Å². The van der Waals surface area contributed by atoms with Crippen LogP contribution in [-0.2, 0) is 10.3 Å². The van der Waals surface area contributed by atoms with Crippen LogP contribution in [0.25, 0.3) is 12.2 Å². The summed E-state index contributed by atoms with van der Waals surface area (Å²) in [4.78, 5) is 0. The number of halogens is 2. The minimum absolute atomic E-state index is 0.433. The van der Waals surface area contributed by atoms with E-state index in [9.17, 15) is 17.2 Å². The highest BCUT2D eigenvalue weighted by Crippen LogP contribution is 2.31. The molecule has 0 saturated carbocycles. The molecule has 0 bridgehead atoms. The number of rotatable bonds is 7. The Morgan fingerprint density at radius 3 is 2.22 bits per heavy atom. The molecule has 0 aliphatic rings. The zero-order valence-electron chi connectivity index (χ0n) is 14.9. The summed E-state index contributed by atoms with van der Waals surface area (Å²) in [5.74, 6) is -0.143. The van der Waals surface area contributed by atoms with Crippen LogP contribution in [0.2, 0.25) is 0 Å². The molecule has 0 spiro atoms. The quantitative estimate of drug-likeness (QED) is 0.718. The van der Waals surface area contributed by atoms with E-state index in [1.165, 1.54) is 18.2 Å². The first-order chi connectivity index (χ1) is 12.6. The fraction of sp³-hybridized carbons (Fsp3) is 0.222. The molecule has 2 rings (SSSR count). The Labute approximate surface area is 156 Å². The van der Waals surface area contributed by atoms with Gasteiger partial charge in [0.2, 0.25) is 0 Å². The molecule has 0 atom stereocenters. The zero-order chi connectivity index (χ0) is 20.2. The lowest BCUT2D eigenvalue weighted by Gasteiger charge is -2.11. The van der Waals surface area contributed by atoms with Crippen molar-refractivity contribution >= 4 is 22.5 Å². The third-order valence-electron chi connectivity index (χ3n) is 3.72. The largest absolute Gasteiger partial charge is 0.496 e. The van der Waals surface area contributed by atoms with Crippen molar-refractivity contribution in [3.63, 3.8) is 0 Å². The molecule has 0 heterocycles. The van der Waals surface area contributed by atoms with Gasteiger partial charge in [-0.25, -0.2) is 0 Å². The van der Waals surface area contributed by atoms with Crippen molar-refractivity contribution in [2.75, 3.05) is 7.11 Å². The van der Waals surface area contributed by atoms with E-state index in [-0.39, 0.29) is 0 Å². The Kier molecular flexibility index (Phi) is 6.40. The lowest BCUT2D eigenvalue weighted by atomic mass is 10.0. The van der Waals surface area contributed by atoms with Crippen molar-refractivity contribution in [1.82, 2.24) is 0 Å². The van der Waals surface area contributed by atoms with Crippen LogP contribution in [0.1, 0.15) is 22.3 Å². The second-order valence-corrected chi connectivity index (χ2v) is 6.81. The molecule has 0 aromatic heterocycles. The Morgan fingerprint density at radius 1 is 1.00 bits per heavy atom. The van der Waals surface area contributed by atoms with Crippen LogP contribution in [0.15, 0.2) is 30.3 Å². The summed E-state index contributed by atoms with van der Waals surface area (Å²) >= 11 is 0. The molecule has 2 N–H and O–H groups in total. The van der Waals surface area contributed by atoms with Gasteiger partial charge in [0.05, 0.1) is 7.11 Å². The number of hydrogen-bond donors (Lipinski definition) is 1. The van der Waals surface area contributed by atoms with Gasteiger partial charge in [-0.05, 0) is 54.3 Å². The third kappa shape index (κ3) is 5.93. The first-order valence-electron chi connectivity index (χ1n) is 7.73. The summed E-state index contributed by atoms with van der Waals surface area (Å²) in [6, 6.07) is 7.67. The normalized spacial score (nSPS) is 11.8. The van der Waals surface area contributed by atoms with E-state index >= 15 is 0 Å². The predicted molar refractivity (Wildman–Crippen MR) is 98.2 cm³/mol. The average molecular weight is 399 g/mol. The maximum Gasteiger partial charge on any atom is 0.387 e. The third-order valence-corrected chi connectivity index (χ3v) is 4.13. The number of aryl methyl sites for hydroxylation is 1. The SMILES string of the molecule is COc1cc(/C=C\c2ccc(OC(F)F)c(OS(N)(=O)=O)c2)cc(C)c1C. The van der Waals surface area contributed by atoms with Crippen molar-refractivity contribution < 1.29 is 30.9 Å². The second-order valence-electron chi connectivity index (χ2n) is 5.66. The van der Waals surface area contributed by atoms with Crippen LogP contribution in [0.4, 0.5) is 8.78 Å². The lowest BCUT2D eigenvalue weighted by molar-refractivity contribution is -0.0507. The Bertz CT molecular complexity index is 958. The summed E-state index contributed by atoms with van der Waals surface area (Å²) < 4.78 is 61.3. The van der Waals surface area contributed by atoms with Gasteiger partial charge in [-0.3, -0.25) is 0 Å². The molecule has 0 radical (unpaired) electrons. The molecule has 0 fully saturated rings. The highest BCUT2D eigenvalue weighted by molar-refractivity contribution is 7.84. The Hall–Kier alpha value is -2.65. The molecular formula is C18H19F2NO5S. The fourth-order valence-electron chi connectivity index (χ4n) is 2.37. The summed E-state index contributed by atoms with van der Waals surface area (Å²) in [5.41, 5.74) is 3.39. The van der Waals surface area contributed by atoms with E-state index < -0.39 is 28.4 Å². The van der Waals surface area contributed by atoms with E-state index in [0.29, 0.717) is 5.56 Å². The fourth-order valence-corrected chi connectivity index (χ4v) is 2.75. The predicted octanol–water partition coefficient (Wildman–Crippen LogP) is 3.67. The molecule has 9 heteroatoms. The minimum atomic E-state index is -4.40. The van der Waals surface area contributed by atoms with Crippen LogP contribution in [0.5, 0.6) is 17.2 Å². The number of methoxy groups -OCH3 is 1. The van der Waals surface area contributed by atoms with Crippen LogP contribution in [0, 0.1) is 13.8 Å². The Balaban J connectivity index is 2.37. The first kappa shape index (κ1) is 20.7. The van der Waals surface area contributed by atoms with Crippen molar-refractivity contribution in [2.24, 2.45) is 5.14 Å². The molecular weight excluding hydrogens is 380 g/mol. The molecule has 146 valence electrons. The monoisotopic (exact) mass is 399 g/mol. The number of benzene rings is 2. The summed E-state index contributed by atoms with van der Waals surface area (Å²) in [5, 5.41) is 4.82. The molecule has 2 aromatic carbocycles. The first-order valence-corrected chi connectivity index (χ1v) is 9.20. The molecule has 0 amide bonds. The van der Waals surface area contributed by atoms with E-state index in [4.69, 9.17) is 9.88 Å². The van der Waals surface area contributed by atoms with Crippen LogP contribution in [0.3, 0.4) is 0 Å². The number of ether oxygens (including phenoxy) is 2.